The smallest absolute Gasteiger partial charge is 0.246 e. The molecule has 2 unspecified atom stereocenters. The number of amides is 2. The molecule has 0 saturated carbocycles. The van der Waals surface area contributed by atoms with Gasteiger partial charge >= 0.3 is 0 Å². The third kappa shape index (κ3) is 3.04. The third-order valence-electron chi connectivity index (χ3n) is 3.69. The molecular weight excluding hydrogens is 278 g/mol. The van der Waals surface area contributed by atoms with Crippen molar-refractivity contribution in [3.8, 4) is 0 Å². The number of carbonyl (C=O) groups is 2. The van der Waals surface area contributed by atoms with Gasteiger partial charge in [0.1, 0.15) is 12.1 Å². The molecule has 1 fully saturated rings. The second-order valence-corrected chi connectivity index (χ2v) is 5.20. The van der Waals surface area contributed by atoms with E-state index in [4.69, 9.17) is 0 Å². The molecule has 2 amide bonds. The second-order valence-electron chi connectivity index (χ2n) is 5.20. The van der Waals surface area contributed by atoms with E-state index >= 15 is 0 Å². The average Bonchev–Trinajstić information content (AvgIpc) is 2.45. The van der Waals surface area contributed by atoms with Crippen LogP contribution in [0.3, 0.4) is 0 Å². The highest BCUT2D eigenvalue weighted by Crippen LogP contribution is 2.19. The number of halogens is 2. The van der Waals surface area contributed by atoms with Gasteiger partial charge in [0.05, 0.1) is 0 Å². The van der Waals surface area contributed by atoms with E-state index in [0.29, 0.717) is 6.42 Å². The number of nitrogens with one attached hydrogen (secondary N) is 1. The van der Waals surface area contributed by atoms with Crippen LogP contribution in [-0.4, -0.2) is 28.8 Å². The zero-order valence-electron chi connectivity index (χ0n) is 12.0. The van der Waals surface area contributed by atoms with E-state index in [9.17, 15) is 18.4 Å². The molecule has 1 aliphatic rings. The number of piperazine rings is 1. The lowest BCUT2D eigenvalue weighted by atomic mass is 10.0. The number of carbonyl (C=O) groups excluding carboxylic acids is 2. The van der Waals surface area contributed by atoms with Crippen molar-refractivity contribution in [1.82, 2.24) is 10.2 Å². The van der Waals surface area contributed by atoms with Crippen LogP contribution in [0.4, 0.5) is 8.78 Å². The fraction of sp³-hybridized carbons (Fsp3) is 0.467. The van der Waals surface area contributed by atoms with Crippen molar-refractivity contribution in [2.24, 2.45) is 0 Å². The molecule has 114 valence electrons. The van der Waals surface area contributed by atoms with Gasteiger partial charge in [0.15, 0.2) is 11.6 Å². The lowest BCUT2D eigenvalue weighted by Gasteiger charge is -2.37. The molecule has 0 radical (unpaired) electrons. The van der Waals surface area contributed by atoms with Gasteiger partial charge in [-0.25, -0.2) is 8.78 Å². The molecule has 21 heavy (non-hydrogen) atoms. The largest absolute Gasteiger partial charge is 0.343 e. The third-order valence-corrected chi connectivity index (χ3v) is 3.69. The maximum absolute atomic E-state index is 13.7. The van der Waals surface area contributed by atoms with Gasteiger partial charge in [-0.15, -0.1) is 0 Å². The molecule has 6 heteroatoms. The lowest BCUT2D eigenvalue weighted by molar-refractivity contribution is -0.149. The van der Waals surface area contributed by atoms with Gasteiger partial charge in [-0.3, -0.25) is 9.59 Å². The fourth-order valence-electron chi connectivity index (χ4n) is 2.44. The first-order valence-corrected chi connectivity index (χ1v) is 6.99. The highest BCUT2D eigenvalue weighted by Gasteiger charge is 2.37. The molecular formula is C15H18F2N2O2. The summed E-state index contributed by atoms with van der Waals surface area (Å²) in [6.45, 7) is 3.37. The minimum absolute atomic E-state index is 0.0696. The van der Waals surface area contributed by atoms with E-state index in [1.807, 2.05) is 6.92 Å². The SMILES string of the molecule is CCCC1NC(=O)C(C)N(Cc2cccc(F)c2F)C1=O. The summed E-state index contributed by atoms with van der Waals surface area (Å²) in [6.07, 6.45) is 1.27. The first kappa shape index (κ1) is 15.4. The van der Waals surface area contributed by atoms with E-state index in [1.54, 1.807) is 6.92 Å². The van der Waals surface area contributed by atoms with Gasteiger partial charge in [-0.2, -0.15) is 0 Å². The van der Waals surface area contributed by atoms with E-state index in [0.717, 1.165) is 12.5 Å². The molecule has 1 heterocycles. The van der Waals surface area contributed by atoms with Gasteiger partial charge in [0, 0.05) is 12.1 Å². The average molecular weight is 296 g/mol. The normalized spacial score (nSPS) is 22.4. The number of hydrogen-bond donors (Lipinski definition) is 1. The molecule has 0 spiro atoms. The van der Waals surface area contributed by atoms with Crippen molar-refractivity contribution >= 4 is 11.8 Å². The standard InChI is InChI=1S/C15H18F2N2O2/c1-3-5-12-15(21)19(9(2)14(20)18-12)8-10-6-4-7-11(16)13(10)17/h4,6-7,9,12H,3,5,8H2,1-2H3,(H,18,20). The molecule has 0 aromatic heterocycles. The summed E-state index contributed by atoms with van der Waals surface area (Å²) in [7, 11) is 0. The summed E-state index contributed by atoms with van der Waals surface area (Å²) in [4.78, 5) is 25.6. The van der Waals surface area contributed by atoms with Crippen LogP contribution in [0.5, 0.6) is 0 Å². The van der Waals surface area contributed by atoms with E-state index in [-0.39, 0.29) is 23.9 Å². The molecule has 2 rings (SSSR count). The van der Waals surface area contributed by atoms with Crippen molar-refractivity contribution < 1.29 is 18.4 Å². The molecule has 0 bridgehead atoms. The Balaban J connectivity index is 2.25. The maximum atomic E-state index is 13.7. The van der Waals surface area contributed by atoms with Crippen molar-refractivity contribution in [1.29, 1.82) is 0 Å². The van der Waals surface area contributed by atoms with Gasteiger partial charge in [0.25, 0.3) is 0 Å². The van der Waals surface area contributed by atoms with Crippen LogP contribution < -0.4 is 5.32 Å². The number of rotatable bonds is 4. The monoisotopic (exact) mass is 296 g/mol. The Morgan fingerprint density at radius 3 is 2.67 bits per heavy atom. The van der Waals surface area contributed by atoms with Crippen molar-refractivity contribution in [2.75, 3.05) is 0 Å². The summed E-state index contributed by atoms with van der Waals surface area (Å²) in [6, 6.07) is 2.53. The quantitative estimate of drug-likeness (QED) is 0.923. The summed E-state index contributed by atoms with van der Waals surface area (Å²) in [5.74, 6) is -2.47. The highest BCUT2D eigenvalue weighted by atomic mass is 19.2. The summed E-state index contributed by atoms with van der Waals surface area (Å²) >= 11 is 0. The van der Waals surface area contributed by atoms with Gasteiger partial charge < -0.3 is 10.2 Å². The molecule has 1 aromatic rings. The van der Waals surface area contributed by atoms with Crippen LogP contribution in [0.15, 0.2) is 18.2 Å². The van der Waals surface area contributed by atoms with Gasteiger partial charge in [0.2, 0.25) is 11.8 Å². The van der Waals surface area contributed by atoms with Crippen LogP contribution in [0, 0.1) is 11.6 Å². The van der Waals surface area contributed by atoms with E-state index < -0.39 is 23.7 Å². The zero-order valence-corrected chi connectivity index (χ0v) is 12.0. The number of hydrogen-bond acceptors (Lipinski definition) is 2. The van der Waals surface area contributed by atoms with Gasteiger partial charge in [-0.05, 0) is 19.4 Å². The fourth-order valence-corrected chi connectivity index (χ4v) is 2.44. The highest BCUT2D eigenvalue weighted by molar-refractivity contribution is 5.96. The molecule has 2 atom stereocenters. The second kappa shape index (κ2) is 6.20. The Kier molecular flexibility index (Phi) is 4.55. The molecule has 1 N–H and O–H groups in total. The first-order chi connectivity index (χ1) is 9.95. The van der Waals surface area contributed by atoms with Crippen molar-refractivity contribution in [3.63, 3.8) is 0 Å². The minimum Gasteiger partial charge on any atom is -0.343 e. The minimum atomic E-state index is -0.976. The summed E-state index contributed by atoms with van der Waals surface area (Å²) in [5.41, 5.74) is 0.0696. The van der Waals surface area contributed by atoms with Crippen molar-refractivity contribution in [2.45, 2.75) is 45.3 Å². The van der Waals surface area contributed by atoms with Gasteiger partial charge in [-0.1, -0.05) is 25.5 Å². The maximum Gasteiger partial charge on any atom is 0.246 e. The Labute approximate surface area is 122 Å². The van der Waals surface area contributed by atoms with E-state index in [1.165, 1.54) is 17.0 Å². The lowest BCUT2D eigenvalue weighted by Crippen LogP contribution is -2.61. The van der Waals surface area contributed by atoms with Crippen LogP contribution in [0.25, 0.3) is 0 Å². The Morgan fingerprint density at radius 1 is 1.29 bits per heavy atom. The number of nitrogens with zero attached hydrogens (tertiary/aromatic N) is 1. The van der Waals surface area contributed by atoms with Crippen LogP contribution in [0.1, 0.15) is 32.3 Å². The Morgan fingerprint density at radius 2 is 2.00 bits per heavy atom. The van der Waals surface area contributed by atoms with E-state index in [2.05, 4.69) is 5.32 Å². The molecule has 1 saturated heterocycles. The molecule has 0 aliphatic carbocycles. The zero-order chi connectivity index (χ0) is 15.6. The first-order valence-electron chi connectivity index (χ1n) is 6.99. The Hall–Kier alpha value is -1.98. The number of benzene rings is 1. The molecule has 1 aromatic carbocycles. The summed E-state index contributed by atoms with van der Waals surface area (Å²) in [5, 5.41) is 2.66. The Bertz CT molecular complexity index is 563. The van der Waals surface area contributed by atoms with Crippen LogP contribution in [0.2, 0.25) is 0 Å². The van der Waals surface area contributed by atoms with Crippen LogP contribution >= 0.6 is 0 Å². The van der Waals surface area contributed by atoms with Crippen LogP contribution in [-0.2, 0) is 16.1 Å². The van der Waals surface area contributed by atoms with Crippen molar-refractivity contribution in [3.05, 3.63) is 35.4 Å². The predicted molar refractivity (Wildman–Crippen MR) is 73.2 cm³/mol. The predicted octanol–water partition coefficient (Wildman–Crippen LogP) is 1.98. The molecule has 1 aliphatic heterocycles. The summed E-state index contributed by atoms with van der Waals surface area (Å²) < 4.78 is 27.0. The topological polar surface area (TPSA) is 49.4 Å². The molecule has 4 nitrogen and oxygen atoms in total.